The summed E-state index contributed by atoms with van der Waals surface area (Å²) >= 11 is 0. The first-order chi connectivity index (χ1) is 14.7. The van der Waals surface area contributed by atoms with Crippen LogP contribution in [-0.2, 0) is 27.2 Å². The van der Waals surface area contributed by atoms with E-state index >= 15 is 0 Å². The van der Waals surface area contributed by atoms with Gasteiger partial charge in [0.15, 0.2) is 0 Å². The molecule has 0 bridgehead atoms. The SMILES string of the molecule is CC1Cc2cc(CCCNC(=O)C3(CCC(=O)OC(C)(C)C)CCCCC3)ccc2O1. The zero-order valence-electron chi connectivity index (χ0n) is 19.7. The summed E-state index contributed by atoms with van der Waals surface area (Å²) in [6, 6.07) is 6.44. The summed E-state index contributed by atoms with van der Waals surface area (Å²) in [4.78, 5) is 25.4. The molecule has 1 atom stereocenters. The third-order valence-electron chi connectivity index (χ3n) is 6.41. The number of ether oxygens (including phenoxy) is 2. The minimum atomic E-state index is -0.485. The van der Waals surface area contributed by atoms with E-state index in [0.29, 0.717) is 19.4 Å². The number of benzene rings is 1. The second-order valence-electron chi connectivity index (χ2n) is 10.4. The van der Waals surface area contributed by atoms with E-state index in [1.165, 1.54) is 17.5 Å². The molecule has 0 radical (unpaired) electrons. The largest absolute Gasteiger partial charge is 0.490 e. The molecule has 2 aliphatic rings. The summed E-state index contributed by atoms with van der Waals surface area (Å²) < 4.78 is 11.2. The summed E-state index contributed by atoms with van der Waals surface area (Å²) in [6.07, 6.45) is 8.97. The van der Waals surface area contributed by atoms with Crippen LogP contribution < -0.4 is 10.1 Å². The molecular formula is C26H39NO4. The van der Waals surface area contributed by atoms with Crippen molar-refractivity contribution in [2.75, 3.05) is 6.54 Å². The lowest BCUT2D eigenvalue weighted by Crippen LogP contribution is -2.43. The van der Waals surface area contributed by atoms with Gasteiger partial charge in [0.25, 0.3) is 0 Å². The second kappa shape index (κ2) is 10.1. The fourth-order valence-corrected chi connectivity index (χ4v) is 4.87. The second-order valence-corrected chi connectivity index (χ2v) is 10.4. The van der Waals surface area contributed by atoms with Crippen molar-refractivity contribution in [1.29, 1.82) is 0 Å². The highest BCUT2D eigenvalue weighted by molar-refractivity contribution is 5.83. The van der Waals surface area contributed by atoms with Crippen LogP contribution in [0.15, 0.2) is 18.2 Å². The van der Waals surface area contributed by atoms with E-state index in [2.05, 4.69) is 30.4 Å². The summed E-state index contributed by atoms with van der Waals surface area (Å²) in [7, 11) is 0. The van der Waals surface area contributed by atoms with Gasteiger partial charge < -0.3 is 14.8 Å². The number of nitrogens with one attached hydrogen (secondary N) is 1. The van der Waals surface area contributed by atoms with Crippen LogP contribution in [0.2, 0.25) is 0 Å². The van der Waals surface area contributed by atoms with Crippen molar-refractivity contribution in [1.82, 2.24) is 5.32 Å². The molecule has 1 N–H and O–H groups in total. The average Bonchev–Trinajstić information content (AvgIpc) is 3.08. The maximum absolute atomic E-state index is 13.1. The smallest absolute Gasteiger partial charge is 0.306 e. The number of carbonyl (C=O) groups is 2. The quantitative estimate of drug-likeness (QED) is 0.459. The standard InChI is InChI=1S/C26H39NO4/c1-19-17-21-18-20(10-11-22(21)30-19)9-8-16-27-24(29)26(13-6-5-7-14-26)15-12-23(28)31-25(2,3)4/h10-11,18-19H,5-9,12-17H2,1-4H3,(H,27,29). The molecule has 5 nitrogen and oxygen atoms in total. The first kappa shape index (κ1) is 23.6. The Morgan fingerprint density at radius 1 is 1.19 bits per heavy atom. The molecule has 1 aliphatic heterocycles. The number of fused-ring (bicyclic) bond motifs is 1. The molecular weight excluding hydrogens is 390 g/mol. The first-order valence-electron chi connectivity index (χ1n) is 12.0. The van der Waals surface area contributed by atoms with Gasteiger partial charge >= 0.3 is 5.97 Å². The highest BCUT2D eigenvalue weighted by Gasteiger charge is 2.39. The van der Waals surface area contributed by atoms with E-state index in [9.17, 15) is 9.59 Å². The summed E-state index contributed by atoms with van der Waals surface area (Å²) in [5, 5.41) is 3.18. The Labute approximate surface area is 187 Å². The number of carbonyl (C=O) groups excluding carboxylic acids is 2. The van der Waals surface area contributed by atoms with Crippen LogP contribution in [-0.4, -0.2) is 30.1 Å². The number of amides is 1. The predicted molar refractivity (Wildman–Crippen MR) is 122 cm³/mol. The molecule has 1 saturated carbocycles. The van der Waals surface area contributed by atoms with Gasteiger partial charge in [-0.1, -0.05) is 31.4 Å². The van der Waals surface area contributed by atoms with Crippen molar-refractivity contribution >= 4 is 11.9 Å². The van der Waals surface area contributed by atoms with Gasteiger partial charge in [-0.15, -0.1) is 0 Å². The summed E-state index contributed by atoms with van der Waals surface area (Å²) in [5.74, 6) is 0.917. The minimum Gasteiger partial charge on any atom is -0.490 e. The fraction of sp³-hybridized carbons (Fsp3) is 0.692. The Morgan fingerprint density at radius 2 is 1.94 bits per heavy atom. The van der Waals surface area contributed by atoms with Crippen molar-refractivity contribution in [3.8, 4) is 5.75 Å². The van der Waals surface area contributed by atoms with E-state index < -0.39 is 11.0 Å². The van der Waals surface area contributed by atoms with Crippen LogP contribution in [0.1, 0.15) is 90.2 Å². The Hall–Kier alpha value is -2.04. The van der Waals surface area contributed by atoms with Crippen molar-refractivity contribution in [3.05, 3.63) is 29.3 Å². The van der Waals surface area contributed by atoms with Gasteiger partial charge in [0, 0.05) is 24.8 Å². The highest BCUT2D eigenvalue weighted by Crippen LogP contribution is 2.40. The molecule has 3 rings (SSSR count). The van der Waals surface area contributed by atoms with Gasteiger partial charge in [0.05, 0.1) is 0 Å². The van der Waals surface area contributed by atoms with Gasteiger partial charge in [-0.2, -0.15) is 0 Å². The van der Waals surface area contributed by atoms with E-state index in [4.69, 9.17) is 9.47 Å². The Bertz CT molecular complexity index is 774. The monoisotopic (exact) mass is 429 g/mol. The van der Waals surface area contributed by atoms with Gasteiger partial charge in [-0.3, -0.25) is 9.59 Å². The van der Waals surface area contributed by atoms with Crippen molar-refractivity contribution in [2.24, 2.45) is 5.41 Å². The summed E-state index contributed by atoms with van der Waals surface area (Å²) in [6.45, 7) is 8.39. The van der Waals surface area contributed by atoms with Gasteiger partial charge in [0.2, 0.25) is 5.91 Å². The fourth-order valence-electron chi connectivity index (χ4n) is 4.87. The molecule has 31 heavy (non-hydrogen) atoms. The molecule has 172 valence electrons. The maximum atomic E-state index is 13.1. The molecule has 1 amide bonds. The van der Waals surface area contributed by atoms with Crippen LogP contribution in [0.5, 0.6) is 5.75 Å². The minimum absolute atomic E-state index is 0.118. The lowest BCUT2D eigenvalue weighted by Gasteiger charge is -2.36. The molecule has 1 aromatic rings. The number of hydrogen-bond donors (Lipinski definition) is 1. The molecule has 0 aromatic heterocycles. The summed E-state index contributed by atoms with van der Waals surface area (Å²) in [5.41, 5.74) is 1.68. The molecule has 1 unspecified atom stereocenters. The highest BCUT2D eigenvalue weighted by atomic mass is 16.6. The Morgan fingerprint density at radius 3 is 2.65 bits per heavy atom. The van der Waals surface area contributed by atoms with Crippen LogP contribution >= 0.6 is 0 Å². The molecule has 0 spiro atoms. The van der Waals surface area contributed by atoms with E-state index in [1.807, 2.05) is 20.8 Å². The van der Waals surface area contributed by atoms with Crippen LogP contribution in [0.3, 0.4) is 0 Å². The molecule has 5 heteroatoms. The lowest BCUT2D eigenvalue weighted by atomic mass is 9.70. The third kappa shape index (κ3) is 6.72. The van der Waals surface area contributed by atoms with Crippen molar-refractivity contribution in [2.45, 2.75) is 104 Å². The van der Waals surface area contributed by atoms with Crippen molar-refractivity contribution < 1.29 is 19.1 Å². The number of hydrogen-bond acceptors (Lipinski definition) is 4. The molecule has 0 saturated heterocycles. The first-order valence-corrected chi connectivity index (χ1v) is 12.0. The number of rotatable bonds is 8. The van der Waals surface area contributed by atoms with Crippen LogP contribution in [0.25, 0.3) is 0 Å². The molecule has 1 heterocycles. The zero-order chi connectivity index (χ0) is 22.5. The number of esters is 1. The zero-order valence-corrected chi connectivity index (χ0v) is 19.7. The third-order valence-corrected chi connectivity index (χ3v) is 6.41. The molecule has 1 aliphatic carbocycles. The predicted octanol–water partition coefficient (Wildman–Crippen LogP) is 5.13. The topological polar surface area (TPSA) is 64.6 Å². The lowest BCUT2D eigenvalue weighted by molar-refractivity contribution is -0.156. The normalized spacial score (nSPS) is 19.9. The maximum Gasteiger partial charge on any atom is 0.306 e. The van der Waals surface area contributed by atoms with E-state index in [-0.39, 0.29) is 18.0 Å². The van der Waals surface area contributed by atoms with Gasteiger partial charge in [-0.05, 0) is 77.0 Å². The Kier molecular flexibility index (Phi) is 7.66. The molecule has 1 fully saturated rings. The van der Waals surface area contributed by atoms with Gasteiger partial charge in [-0.25, -0.2) is 0 Å². The van der Waals surface area contributed by atoms with Crippen LogP contribution in [0.4, 0.5) is 0 Å². The van der Waals surface area contributed by atoms with Crippen LogP contribution in [0, 0.1) is 5.41 Å². The number of aryl methyl sites for hydroxylation is 1. The van der Waals surface area contributed by atoms with E-state index in [1.54, 1.807) is 0 Å². The average molecular weight is 430 g/mol. The Balaban J connectivity index is 1.48. The molecule has 1 aromatic carbocycles. The van der Waals surface area contributed by atoms with Gasteiger partial charge in [0.1, 0.15) is 17.5 Å². The van der Waals surface area contributed by atoms with Crippen molar-refractivity contribution in [3.63, 3.8) is 0 Å². The van der Waals surface area contributed by atoms with E-state index in [0.717, 1.165) is 50.7 Å².